The van der Waals surface area contributed by atoms with Gasteiger partial charge in [-0.3, -0.25) is 9.69 Å². The fourth-order valence-corrected chi connectivity index (χ4v) is 3.00. The van der Waals surface area contributed by atoms with E-state index in [-0.39, 0.29) is 11.5 Å². The van der Waals surface area contributed by atoms with Gasteiger partial charge in [-0.15, -0.1) is 0 Å². The predicted molar refractivity (Wildman–Crippen MR) is 79.5 cm³/mol. The van der Waals surface area contributed by atoms with Crippen molar-refractivity contribution in [3.8, 4) is 0 Å². The summed E-state index contributed by atoms with van der Waals surface area (Å²) >= 11 is 1.96. The molecule has 20 heavy (non-hydrogen) atoms. The zero-order chi connectivity index (χ0) is 14.4. The van der Waals surface area contributed by atoms with Crippen molar-refractivity contribution in [2.75, 3.05) is 37.7 Å². The van der Waals surface area contributed by atoms with E-state index in [1.165, 1.54) is 24.3 Å². The number of carbonyl (C=O) groups excluding carboxylic acids is 1. The minimum atomic E-state index is -0.986. The summed E-state index contributed by atoms with van der Waals surface area (Å²) in [7, 11) is 0. The molecule has 1 saturated heterocycles. The molecule has 0 unspecified atom stereocenters. The normalized spacial score (nSPS) is 15.8. The third kappa shape index (κ3) is 4.25. The first-order valence-corrected chi connectivity index (χ1v) is 7.74. The molecule has 0 bridgehead atoms. The first kappa shape index (κ1) is 14.9. The van der Waals surface area contributed by atoms with E-state index in [1.54, 1.807) is 0 Å². The molecule has 108 valence electrons. The van der Waals surface area contributed by atoms with Gasteiger partial charge in [0.05, 0.1) is 5.56 Å². The Labute approximate surface area is 122 Å². The van der Waals surface area contributed by atoms with E-state index < -0.39 is 5.97 Å². The van der Waals surface area contributed by atoms with E-state index in [2.05, 4.69) is 10.2 Å². The quantitative estimate of drug-likeness (QED) is 0.853. The largest absolute Gasteiger partial charge is 0.478 e. The van der Waals surface area contributed by atoms with Crippen LogP contribution in [0.2, 0.25) is 0 Å². The Morgan fingerprint density at radius 3 is 2.35 bits per heavy atom. The standard InChI is InChI=1S/C14H18N2O3S/c17-13(11-1-3-12(4-2-11)14(18)19)15-5-6-16-7-9-20-10-8-16/h1-4H,5-10H2,(H,15,17)(H,18,19). The molecule has 0 radical (unpaired) electrons. The molecule has 0 atom stereocenters. The van der Waals surface area contributed by atoms with Crippen molar-refractivity contribution in [3.63, 3.8) is 0 Å². The topological polar surface area (TPSA) is 69.6 Å². The first-order chi connectivity index (χ1) is 9.66. The van der Waals surface area contributed by atoms with Crippen LogP contribution in [0.15, 0.2) is 24.3 Å². The first-order valence-electron chi connectivity index (χ1n) is 6.58. The van der Waals surface area contributed by atoms with E-state index in [4.69, 9.17) is 5.11 Å². The monoisotopic (exact) mass is 294 g/mol. The van der Waals surface area contributed by atoms with Gasteiger partial charge in [0.1, 0.15) is 0 Å². The molecule has 2 N–H and O–H groups in total. The number of hydrogen-bond acceptors (Lipinski definition) is 4. The van der Waals surface area contributed by atoms with Crippen molar-refractivity contribution in [2.24, 2.45) is 0 Å². The van der Waals surface area contributed by atoms with Gasteiger partial charge in [-0.05, 0) is 24.3 Å². The summed E-state index contributed by atoms with van der Waals surface area (Å²) < 4.78 is 0. The molecular weight excluding hydrogens is 276 g/mol. The molecule has 0 saturated carbocycles. The number of nitrogens with zero attached hydrogens (tertiary/aromatic N) is 1. The van der Waals surface area contributed by atoms with Crippen molar-refractivity contribution in [1.82, 2.24) is 10.2 Å². The van der Waals surface area contributed by atoms with E-state index in [9.17, 15) is 9.59 Å². The lowest BCUT2D eigenvalue weighted by Crippen LogP contribution is -2.39. The molecule has 5 nitrogen and oxygen atoms in total. The maximum Gasteiger partial charge on any atom is 0.335 e. The summed E-state index contributed by atoms with van der Waals surface area (Å²) in [6, 6.07) is 5.96. The van der Waals surface area contributed by atoms with Crippen LogP contribution in [-0.2, 0) is 0 Å². The molecule has 0 aromatic heterocycles. The fourth-order valence-electron chi connectivity index (χ4n) is 2.02. The molecule has 0 spiro atoms. The van der Waals surface area contributed by atoms with Gasteiger partial charge in [0, 0.05) is 43.2 Å². The molecule has 1 amide bonds. The van der Waals surface area contributed by atoms with Gasteiger partial charge in [0.2, 0.25) is 0 Å². The Morgan fingerprint density at radius 1 is 1.15 bits per heavy atom. The Hall–Kier alpha value is -1.53. The number of benzene rings is 1. The second kappa shape index (κ2) is 7.31. The number of aromatic carboxylic acids is 1. The summed E-state index contributed by atoms with van der Waals surface area (Å²) in [5, 5.41) is 11.7. The molecule has 6 heteroatoms. The molecule has 1 heterocycles. The van der Waals surface area contributed by atoms with Crippen LogP contribution in [0.5, 0.6) is 0 Å². The van der Waals surface area contributed by atoms with Crippen molar-refractivity contribution >= 4 is 23.6 Å². The number of rotatable bonds is 5. The molecule has 2 rings (SSSR count). The smallest absolute Gasteiger partial charge is 0.335 e. The van der Waals surface area contributed by atoms with Crippen LogP contribution in [-0.4, -0.2) is 59.6 Å². The van der Waals surface area contributed by atoms with E-state index >= 15 is 0 Å². The van der Waals surface area contributed by atoms with E-state index in [0.29, 0.717) is 12.1 Å². The molecule has 1 aromatic rings. The average molecular weight is 294 g/mol. The highest BCUT2D eigenvalue weighted by Crippen LogP contribution is 2.08. The zero-order valence-electron chi connectivity index (χ0n) is 11.2. The number of thioether (sulfide) groups is 1. The number of amides is 1. The van der Waals surface area contributed by atoms with Crippen LogP contribution in [0.3, 0.4) is 0 Å². The maximum absolute atomic E-state index is 11.9. The Kier molecular flexibility index (Phi) is 5.43. The number of carbonyl (C=O) groups is 2. The lowest BCUT2D eigenvalue weighted by atomic mass is 10.1. The maximum atomic E-state index is 11.9. The minimum absolute atomic E-state index is 0.159. The second-order valence-corrected chi connectivity index (χ2v) is 5.82. The van der Waals surface area contributed by atoms with E-state index in [0.717, 1.165) is 31.1 Å². The lowest BCUT2D eigenvalue weighted by Gasteiger charge is -2.25. The van der Waals surface area contributed by atoms with Crippen LogP contribution in [0.1, 0.15) is 20.7 Å². The predicted octanol–water partition coefficient (Wildman–Crippen LogP) is 1.16. The SMILES string of the molecule is O=C(O)c1ccc(C(=O)NCCN2CCSCC2)cc1. The highest BCUT2D eigenvalue weighted by molar-refractivity contribution is 7.99. The summed E-state index contributed by atoms with van der Waals surface area (Å²) in [5.74, 6) is 1.17. The number of hydrogen-bond donors (Lipinski definition) is 2. The number of carboxylic acids is 1. The third-order valence-electron chi connectivity index (χ3n) is 3.21. The van der Waals surface area contributed by atoms with Gasteiger partial charge in [0.15, 0.2) is 0 Å². The highest BCUT2D eigenvalue weighted by atomic mass is 32.2. The van der Waals surface area contributed by atoms with E-state index in [1.807, 2.05) is 11.8 Å². The van der Waals surface area contributed by atoms with Gasteiger partial charge in [-0.1, -0.05) is 0 Å². The van der Waals surface area contributed by atoms with Gasteiger partial charge in [0.25, 0.3) is 5.91 Å². The molecule has 1 aromatic carbocycles. The van der Waals surface area contributed by atoms with Crippen LogP contribution >= 0.6 is 11.8 Å². The highest BCUT2D eigenvalue weighted by Gasteiger charge is 2.11. The third-order valence-corrected chi connectivity index (χ3v) is 4.15. The summed E-state index contributed by atoms with van der Waals surface area (Å²) in [4.78, 5) is 24.9. The van der Waals surface area contributed by atoms with Crippen molar-refractivity contribution in [1.29, 1.82) is 0 Å². The Bertz CT molecular complexity index is 470. The minimum Gasteiger partial charge on any atom is -0.478 e. The van der Waals surface area contributed by atoms with Gasteiger partial charge < -0.3 is 10.4 Å². The van der Waals surface area contributed by atoms with Crippen LogP contribution in [0.4, 0.5) is 0 Å². The molecule has 1 aliphatic rings. The summed E-state index contributed by atoms with van der Waals surface area (Å²) in [5.41, 5.74) is 0.677. The molecule has 1 fully saturated rings. The number of nitrogens with one attached hydrogen (secondary N) is 1. The average Bonchev–Trinajstić information content (AvgIpc) is 2.48. The lowest BCUT2D eigenvalue weighted by molar-refractivity contribution is 0.0696. The van der Waals surface area contributed by atoms with Crippen molar-refractivity contribution in [2.45, 2.75) is 0 Å². The molecule has 1 aliphatic heterocycles. The Balaban J connectivity index is 1.77. The second-order valence-electron chi connectivity index (χ2n) is 4.59. The zero-order valence-corrected chi connectivity index (χ0v) is 12.0. The Morgan fingerprint density at radius 2 is 1.75 bits per heavy atom. The van der Waals surface area contributed by atoms with Crippen LogP contribution in [0.25, 0.3) is 0 Å². The molecule has 0 aliphatic carbocycles. The van der Waals surface area contributed by atoms with Crippen molar-refractivity contribution < 1.29 is 14.7 Å². The molecular formula is C14H18N2O3S. The van der Waals surface area contributed by atoms with Crippen LogP contribution < -0.4 is 5.32 Å². The fraction of sp³-hybridized carbons (Fsp3) is 0.429. The van der Waals surface area contributed by atoms with Gasteiger partial charge in [-0.25, -0.2) is 4.79 Å². The number of carboxylic acid groups (broad SMARTS) is 1. The van der Waals surface area contributed by atoms with Crippen molar-refractivity contribution in [3.05, 3.63) is 35.4 Å². The van der Waals surface area contributed by atoms with Crippen LogP contribution in [0, 0.1) is 0 Å². The van der Waals surface area contributed by atoms with Gasteiger partial charge >= 0.3 is 5.97 Å². The van der Waals surface area contributed by atoms with Gasteiger partial charge in [-0.2, -0.15) is 11.8 Å². The summed E-state index contributed by atoms with van der Waals surface area (Å²) in [6.07, 6.45) is 0. The summed E-state index contributed by atoms with van der Waals surface area (Å²) in [6.45, 7) is 3.63.